The van der Waals surface area contributed by atoms with Gasteiger partial charge in [0, 0.05) is 15.7 Å². The summed E-state index contributed by atoms with van der Waals surface area (Å²) in [6, 6.07) is 15.9. The van der Waals surface area contributed by atoms with Gasteiger partial charge in [0.1, 0.15) is 0 Å². The van der Waals surface area contributed by atoms with Crippen LogP contribution in [0.15, 0.2) is 64.4 Å². The molecule has 0 N–H and O–H groups in total. The van der Waals surface area contributed by atoms with Gasteiger partial charge in [-0.15, -0.1) is 0 Å². The van der Waals surface area contributed by atoms with Gasteiger partial charge in [0.2, 0.25) is 8.87 Å². The van der Waals surface area contributed by atoms with Crippen molar-refractivity contribution in [1.29, 1.82) is 0 Å². The second-order valence-corrected chi connectivity index (χ2v) is 7.42. The lowest BCUT2D eigenvalue weighted by Gasteiger charge is -2.05. The van der Waals surface area contributed by atoms with Gasteiger partial charge in [-0.05, 0) is 30.7 Å². The Morgan fingerprint density at radius 2 is 1.47 bits per heavy atom. The average Bonchev–Trinajstić information content (AvgIpc) is 2.33. The molecule has 0 saturated heterocycles. The molecule has 2 rings (SSSR count). The molecule has 2 nitrogen and oxygen atoms in total. The highest BCUT2D eigenvalue weighted by atomic mass is 33.1. The smallest absolute Gasteiger partial charge is 0.212 e. The van der Waals surface area contributed by atoms with E-state index in [1.165, 1.54) is 0 Å². The molecule has 0 aliphatic carbocycles. The maximum absolute atomic E-state index is 12.1. The van der Waals surface area contributed by atoms with Crippen LogP contribution in [0.3, 0.4) is 0 Å². The lowest BCUT2D eigenvalue weighted by atomic mass is 10.2. The van der Waals surface area contributed by atoms with Gasteiger partial charge in [0.05, 0.1) is 4.90 Å². The fourth-order valence-corrected chi connectivity index (χ4v) is 4.45. The Hall–Kier alpha value is -1.26. The number of hydrogen-bond acceptors (Lipinski definition) is 3. The second kappa shape index (κ2) is 4.94. The SMILES string of the molecule is Cc1ccccc1SS(=O)(=O)c1ccccc1. The molecule has 0 bridgehead atoms. The van der Waals surface area contributed by atoms with Crippen LogP contribution in [-0.2, 0) is 8.87 Å². The van der Waals surface area contributed by atoms with Crippen molar-refractivity contribution in [3.8, 4) is 0 Å². The van der Waals surface area contributed by atoms with Gasteiger partial charge in [0.15, 0.2) is 0 Å². The average molecular weight is 264 g/mol. The molecule has 4 heteroatoms. The molecule has 2 aromatic rings. The molecule has 0 heterocycles. The molecular weight excluding hydrogens is 252 g/mol. The van der Waals surface area contributed by atoms with Crippen molar-refractivity contribution in [2.45, 2.75) is 16.7 Å². The lowest BCUT2D eigenvalue weighted by Crippen LogP contribution is -1.95. The first-order valence-electron chi connectivity index (χ1n) is 5.15. The predicted octanol–water partition coefficient (Wildman–Crippen LogP) is 3.48. The Kier molecular flexibility index (Phi) is 3.54. The van der Waals surface area contributed by atoms with Crippen LogP contribution in [0.2, 0.25) is 0 Å². The van der Waals surface area contributed by atoms with Crippen LogP contribution in [0.5, 0.6) is 0 Å². The zero-order valence-electron chi connectivity index (χ0n) is 9.33. The highest BCUT2D eigenvalue weighted by Gasteiger charge is 2.16. The van der Waals surface area contributed by atoms with Crippen LogP contribution in [-0.4, -0.2) is 8.42 Å². The summed E-state index contributed by atoms with van der Waals surface area (Å²) >= 11 is 0. The first-order chi connectivity index (χ1) is 8.09. The van der Waals surface area contributed by atoms with Crippen molar-refractivity contribution in [2.75, 3.05) is 0 Å². The van der Waals surface area contributed by atoms with Crippen LogP contribution in [0, 0.1) is 6.92 Å². The summed E-state index contributed by atoms with van der Waals surface area (Å²) in [5.41, 5.74) is 0.969. The van der Waals surface area contributed by atoms with Gasteiger partial charge in [0.25, 0.3) is 0 Å². The van der Waals surface area contributed by atoms with Crippen molar-refractivity contribution in [3.63, 3.8) is 0 Å². The van der Waals surface area contributed by atoms with Crippen molar-refractivity contribution < 1.29 is 8.42 Å². The minimum Gasteiger partial charge on any atom is -0.212 e. The van der Waals surface area contributed by atoms with Gasteiger partial charge in [-0.25, -0.2) is 8.42 Å². The Labute approximate surface area is 105 Å². The molecule has 0 aromatic heterocycles. The summed E-state index contributed by atoms with van der Waals surface area (Å²) in [6.07, 6.45) is 0. The quantitative estimate of drug-likeness (QED) is 0.796. The summed E-state index contributed by atoms with van der Waals surface area (Å²) in [6.45, 7) is 1.91. The molecule has 2 aromatic carbocycles. The largest absolute Gasteiger partial charge is 0.234 e. The molecule has 88 valence electrons. The third-order valence-corrected chi connectivity index (χ3v) is 5.81. The third-order valence-electron chi connectivity index (χ3n) is 2.32. The summed E-state index contributed by atoms with van der Waals surface area (Å²) in [5.74, 6) is 0. The third kappa shape index (κ3) is 2.90. The summed E-state index contributed by atoms with van der Waals surface area (Å²) in [7, 11) is -2.42. The topological polar surface area (TPSA) is 34.1 Å². The maximum Gasteiger partial charge on any atom is 0.234 e. The molecule has 0 aliphatic heterocycles. The first kappa shape index (κ1) is 12.2. The van der Waals surface area contributed by atoms with E-state index in [0.29, 0.717) is 4.90 Å². The van der Waals surface area contributed by atoms with E-state index < -0.39 is 8.87 Å². The van der Waals surface area contributed by atoms with Crippen LogP contribution in [0.1, 0.15) is 5.56 Å². The minimum absolute atomic E-state index is 0.341. The monoisotopic (exact) mass is 264 g/mol. The molecule has 0 spiro atoms. The Balaban J connectivity index is 2.34. The van der Waals surface area contributed by atoms with Gasteiger partial charge in [-0.2, -0.15) is 0 Å². The predicted molar refractivity (Wildman–Crippen MR) is 70.7 cm³/mol. The van der Waals surface area contributed by atoms with Crippen LogP contribution < -0.4 is 0 Å². The molecule has 0 amide bonds. The van der Waals surface area contributed by atoms with Crippen molar-refractivity contribution in [1.82, 2.24) is 0 Å². The van der Waals surface area contributed by atoms with Gasteiger partial charge >= 0.3 is 0 Å². The van der Waals surface area contributed by atoms with E-state index in [9.17, 15) is 8.42 Å². The normalized spacial score (nSPS) is 11.4. The summed E-state index contributed by atoms with van der Waals surface area (Å²) < 4.78 is 24.2. The number of hydrogen-bond donors (Lipinski definition) is 0. The molecular formula is C13H12O2S2. The van der Waals surface area contributed by atoms with E-state index in [4.69, 9.17) is 0 Å². The zero-order chi connectivity index (χ0) is 12.3. The van der Waals surface area contributed by atoms with E-state index in [2.05, 4.69) is 0 Å². The van der Waals surface area contributed by atoms with E-state index >= 15 is 0 Å². The van der Waals surface area contributed by atoms with Gasteiger partial charge in [-0.3, -0.25) is 0 Å². The molecule has 0 aliphatic rings. The van der Waals surface area contributed by atoms with E-state index in [0.717, 1.165) is 21.3 Å². The van der Waals surface area contributed by atoms with Crippen molar-refractivity contribution in [2.24, 2.45) is 0 Å². The van der Waals surface area contributed by atoms with Crippen molar-refractivity contribution >= 4 is 19.7 Å². The van der Waals surface area contributed by atoms with Gasteiger partial charge in [-0.1, -0.05) is 36.4 Å². The molecule has 0 radical (unpaired) electrons. The lowest BCUT2D eigenvalue weighted by molar-refractivity contribution is 0.610. The van der Waals surface area contributed by atoms with Crippen molar-refractivity contribution in [3.05, 3.63) is 60.2 Å². The van der Waals surface area contributed by atoms with Crippen LogP contribution in [0.25, 0.3) is 0 Å². The maximum atomic E-state index is 12.1. The zero-order valence-corrected chi connectivity index (χ0v) is 11.0. The number of aryl methyl sites for hydroxylation is 1. The molecule has 0 atom stereocenters. The molecule has 0 saturated carbocycles. The molecule has 0 unspecified atom stereocenters. The second-order valence-electron chi connectivity index (χ2n) is 3.62. The fourth-order valence-electron chi connectivity index (χ4n) is 1.40. The fraction of sp³-hybridized carbons (Fsp3) is 0.0769. The first-order valence-corrected chi connectivity index (χ1v) is 7.96. The van der Waals surface area contributed by atoms with Crippen LogP contribution >= 0.6 is 10.8 Å². The van der Waals surface area contributed by atoms with E-state index in [1.54, 1.807) is 30.3 Å². The minimum atomic E-state index is -3.32. The highest BCUT2D eigenvalue weighted by Crippen LogP contribution is 2.32. The Bertz CT molecular complexity index is 604. The number of benzene rings is 2. The number of rotatable bonds is 3. The standard InChI is InChI=1S/C13H12O2S2/c1-11-7-5-6-10-13(11)16-17(14,15)12-8-3-2-4-9-12/h2-10H,1H3. The summed E-state index contributed by atoms with van der Waals surface area (Å²) in [4.78, 5) is 1.12. The summed E-state index contributed by atoms with van der Waals surface area (Å²) in [5, 5.41) is 0. The van der Waals surface area contributed by atoms with E-state index in [1.807, 2.05) is 31.2 Å². The van der Waals surface area contributed by atoms with Gasteiger partial charge < -0.3 is 0 Å². The highest BCUT2D eigenvalue weighted by molar-refractivity contribution is 8.72. The Morgan fingerprint density at radius 3 is 2.12 bits per heavy atom. The van der Waals surface area contributed by atoms with E-state index in [-0.39, 0.29) is 0 Å². The van der Waals surface area contributed by atoms with Crippen LogP contribution in [0.4, 0.5) is 0 Å². The Morgan fingerprint density at radius 1 is 0.882 bits per heavy atom. The molecule has 17 heavy (non-hydrogen) atoms. The molecule has 0 fully saturated rings.